The molecule has 3 aliphatic rings. The molecular weight excluding hydrogens is 340 g/mol. The Kier molecular flexibility index (Phi) is 4.25. The number of benzene rings is 1. The minimum atomic E-state index is -0.262. The monoisotopic (exact) mass is 358 g/mol. The molecule has 1 saturated carbocycles. The standard InChI is InChI=1S/C19H19ClN2O3/c20-17-7-6-16(10-21-17)25-13-19-8-15(9-19)11-22(19)18(23)24-12-14-4-2-1-3-5-14/h1-7,10,15H,8-9,11-13H2. The number of hydrogen-bond acceptors (Lipinski definition) is 4. The van der Waals surface area contributed by atoms with Gasteiger partial charge in [0.15, 0.2) is 0 Å². The fourth-order valence-electron chi connectivity index (χ4n) is 3.74. The number of aromatic nitrogens is 1. The molecule has 25 heavy (non-hydrogen) atoms. The molecule has 2 bridgehead atoms. The van der Waals surface area contributed by atoms with Crippen molar-refractivity contribution in [2.75, 3.05) is 13.2 Å². The van der Waals surface area contributed by atoms with Gasteiger partial charge in [-0.3, -0.25) is 4.90 Å². The average molecular weight is 359 g/mol. The number of amides is 1. The molecule has 0 atom stereocenters. The van der Waals surface area contributed by atoms with Gasteiger partial charge in [-0.25, -0.2) is 9.78 Å². The van der Waals surface area contributed by atoms with Gasteiger partial charge in [0.2, 0.25) is 0 Å². The molecule has 5 rings (SSSR count). The summed E-state index contributed by atoms with van der Waals surface area (Å²) in [5.41, 5.74) is 0.734. The Morgan fingerprint density at radius 3 is 2.76 bits per heavy atom. The third kappa shape index (κ3) is 3.29. The Morgan fingerprint density at radius 2 is 2.04 bits per heavy atom. The van der Waals surface area contributed by atoms with Gasteiger partial charge in [0.1, 0.15) is 24.1 Å². The molecular formula is C19H19ClN2O3. The van der Waals surface area contributed by atoms with Gasteiger partial charge in [0.05, 0.1) is 11.7 Å². The summed E-state index contributed by atoms with van der Waals surface area (Å²) in [6, 6.07) is 13.2. The number of pyridine rings is 1. The van der Waals surface area contributed by atoms with Gasteiger partial charge in [0.25, 0.3) is 0 Å². The molecule has 1 aliphatic carbocycles. The van der Waals surface area contributed by atoms with Crippen molar-refractivity contribution in [1.29, 1.82) is 0 Å². The zero-order chi connectivity index (χ0) is 17.3. The summed E-state index contributed by atoms with van der Waals surface area (Å²) in [7, 11) is 0. The highest BCUT2D eigenvalue weighted by atomic mass is 35.5. The van der Waals surface area contributed by atoms with E-state index in [1.54, 1.807) is 18.3 Å². The molecule has 0 unspecified atom stereocenters. The molecule has 1 aromatic heterocycles. The van der Waals surface area contributed by atoms with Gasteiger partial charge < -0.3 is 9.47 Å². The zero-order valence-corrected chi connectivity index (χ0v) is 14.5. The fourth-order valence-corrected chi connectivity index (χ4v) is 3.85. The minimum absolute atomic E-state index is 0.252. The van der Waals surface area contributed by atoms with E-state index >= 15 is 0 Å². The van der Waals surface area contributed by atoms with Crippen molar-refractivity contribution in [1.82, 2.24) is 9.88 Å². The Morgan fingerprint density at radius 1 is 1.24 bits per heavy atom. The first-order valence-corrected chi connectivity index (χ1v) is 8.75. The lowest BCUT2D eigenvalue weighted by molar-refractivity contribution is 0.0308. The first-order valence-electron chi connectivity index (χ1n) is 8.37. The lowest BCUT2D eigenvalue weighted by Crippen LogP contribution is -2.52. The van der Waals surface area contributed by atoms with Crippen LogP contribution in [0, 0.1) is 5.92 Å². The highest BCUT2D eigenvalue weighted by Gasteiger charge is 2.59. The number of carbonyl (C=O) groups is 1. The van der Waals surface area contributed by atoms with Crippen LogP contribution < -0.4 is 4.74 Å². The van der Waals surface area contributed by atoms with E-state index < -0.39 is 0 Å². The number of fused-ring (bicyclic) bond motifs is 1. The van der Waals surface area contributed by atoms with Crippen molar-refractivity contribution in [3.05, 3.63) is 59.4 Å². The number of halogens is 1. The Labute approximate surface area is 151 Å². The Hall–Kier alpha value is -2.27. The van der Waals surface area contributed by atoms with Gasteiger partial charge in [-0.05, 0) is 36.5 Å². The summed E-state index contributed by atoms with van der Waals surface area (Å²) < 4.78 is 11.4. The summed E-state index contributed by atoms with van der Waals surface area (Å²) in [5, 5.41) is 0.432. The third-order valence-corrected chi connectivity index (χ3v) is 5.21. The van der Waals surface area contributed by atoms with Crippen LogP contribution in [-0.4, -0.2) is 34.7 Å². The molecule has 6 heteroatoms. The topological polar surface area (TPSA) is 51.7 Å². The molecule has 2 aliphatic heterocycles. The van der Waals surface area contributed by atoms with E-state index in [4.69, 9.17) is 21.1 Å². The van der Waals surface area contributed by atoms with Crippen molar-refractivity contribution in [2.24, 2.45) is 5.92 Å². The predicted octanol–water partition coefficient (Wildman–Crippen LogP) is 3.92. The van der Waals surface area contributed by atoms with E-state index in [1.165, 1.54) is 0 Å². The zero-order valence-electron chi connectivity index (χ0n) is 13.7. The summed E-state index contributed by atoms with van der Waals surface area (Å²) in [6.45, 7) is 1.49. The number of rotatable bonds is 5. The smallest absolute Gasteiger partial charge is 0.410 e. The van der Waals surface area contributed by atoms with Gasteiger partial charge in [-0.2, -0.15) is 0 Å². The molecule has 130 valence electrons. The van der Waals surface area contributed by atoms with Crippen LogP contribution in [0.1, 0.15) is 18.4 Å². The molecule has 3 heterocycles. The second kappa shape index (κ2) is 6.56. The molecule has 0 spiro atoms. The minimum Gasteiger partial charge on any atom is -0.490 e. The first-order chi connectivity index (χ1) is 12.1. The van der Waals surface area contributed by atoms with Crippen LogP contribution in [0.5, 0.6) is 5.75 Å². The maximum Gasteiger partial charge on any atom is 0.410 e. The van der Waals surface area contributed by atoms with E-state index in [0.717, 1.165) is 24.9 Å². The maximum atomic E-state index is 12.5. The summed E-state index contributed by atoms with van der Waals surface area (Å²) in [6.07, 6.45) is 3.27. The lowest BCUT2D eigenvalue weighted by Gasteiger charge is -2.41. The number of carbonyl (C=O) groups excluding carboxylic acids is 1. The van der Waals surface area contributed by atoms with Crippen LogP contribution in [-0.2, 0) is 11.3 Å². The Bertz CT molecular complexity index is 745. The van der Waals surface area contributed by atoms with E-state index in [1.807, 2.05) is 35.2 Å². The predicted molar refractivity (Wildman–Crippen MR) is 93.5 cm³/mol. The first kappa shape index (κ1) is 16.2. The van der Waals surface area contributed by atoms with E-state index in [2.05, 4.69) is 4.98 Å². The number of hydrogen-bond donors (Lipinski definition) is 0. The lowest BCUT2D eigenvalue weighted by atomic mass is 9.74. The van der Waals surface area contributed by atoms with Crippen LogP contribution >= 0.6 is 11.6 Å². The van der Waals surface area contributed by atoms with Crippen LogP contribution in [0.15, 0.2) is 48.7 Å². The van der Waals surface area contributed by atoms with Crippen LogP contribution in [0.4, 0.5) is 4.79 Å². The summed E-state index contributed by atoms with van der Waals surface area (Å²) >= 11 is 5.79. The van der Waals surface area contributed by atoms with Crippen molar-refractivity contribution >= 4 is 17.7 Å². The van der Waals surface area contributed by atoms with Gasteiger partial charge in [-0.1, -0.05) is 41.9 Å². The van der Waals surface area contributed by atoms with Crippen molar-refractivity contribution in [3.63, 3.8) is 0 Å². The van der Waals surface area contributed by atoms with Crippen molar-refractivity contribution < 1.29 is 14.3 Å². The van der Waals surface area contributed by atoms with Crippen LogP contribution in [0.25, 0.3) is 0 Å². The molecule has 1 amide bonds. The highest BCUT2D eigenvalue weighted by molar-refractivity contribution is 6.29. The molecule has 2 saturated heterocycles. The van der Waals surface area contributed by atoms with Gasteiger partial charge in [0, 0.05) is 6.54 Å². The normalized spacial score (nSPS) is 23.9. The molecule has 5 nitrogen and oxygen atoms in total. The quantitative estimate of drug-likeness (QED) is 0.760. The largest absolute Gasteiger partial charge is 0.490 e. The van der Waals surface area contributed by atoms with Crippen LogP contribution in [0.3, 0.4) is 0 Å². The average Bonchev–Trinajstić information content (AvgIpc) is 3.16. The summed E-state index contributed by atoms with van der Waals surface area (Å²) in [4.78, 5) is 18.4. The second-order valence-corrected chi connectivity index (χ2v) is 7.14. The third-order valence-electron chi connectivity index (χ3n) is 4.98. The molecule has 0 radical (unpaired) electrons. The molecule has 2 aromatic rings. The van der Waals surface area contributed by atoms with Crippen LogP contribution in [0.2, 0.25) is 5.15 Å². The number of nitrogens with zero attached hydrogens (tertiary/aromatic N) is 2. The SMILES string of the molecule is O=C(OCc1ccccc1)N1CC2CC1(COc1ccc(Cl)nc1)C2. The Balaban J connectivity index is 1.36. The molecule has 0 N–H and O–H groups in total. The van der Waals surface area contributed by atoms with Crippen molar-refractivity contribution in [3.8, 4) is 5.75 Å². The number of ether oxygens (including phenoxy) is 2. The van der Waals surface area contributed by atoms with Gasteiger partial charge >= 0.3 is 6.09 Å². The van der Waals surface area contributed by atoms with E-state index in [0.29, 0.717) is 30.0 Å². The second-order valence-electron chi connectivity index (χ2n) is 6.75. The summed E-state index contributed by atoms with van der Waals surface area (Å²) in [5.74, 6) is 1.21. The van der Waals surface area contributed by atoms with E-state index in [9.17, 15) is 4.79 Å². The van der Waals surface area contributed by atoms with E-state index in [-0.39, 0.29) is 11.6 Å². The highest BCUT2D eigenvalue weighted by Crippen LogP contribution is 2.50. The fraction of sp³-hybridized carbons (Fsp3) is 0.368. The maximum absolute atomic E-state index is 12.5. The van der Waals surface area contributed by atoms with Gasteiger partial charge in [-0.15, -0.1) is 0 Å². The van der Waals surface area contributed by atoms with Crippen molar-refractivity contribution in [2.45, 2.75) is 25.0 Å². The molecule has 1 aromatic carbocycles. The molecule has 3 fully saturated rings.